The van der Waals surface area contributed by atoms with Gasteiger partial charge in [-0.25, -0.2) is 0 Å². The van der Waals surface area contributed by atoms with Crippen molar-refractivity contribution in [2.45, 2.75) is 12.1 Å². The molecule has 2 atom stereocenters. The van der Waals surface area contributed by atoms with Crippen LogP contribution in [-0.4, -0.2) is 21.8 Å². The van der Waals surface area contributed by atoms with E-state index in [1.807, 2.05) is 54.7 Å². The lowest BCUT2D eigenvalue weighted by Gasteiger charge is -2.29. The molecule has 0 amide bonds. The Morgan fingerprint density at radius 1 is 0.969 bits per heavy atom. The monoisotopic (exact) mass is 504 g/mol. The summed E-state index contributed by atoms with van der Waals surface area (Å²) in [5, 5.41) is 4.18. The second-order valence-corrected chi connectivity index (χ2v) is 8.75. The highest BCUT2D eigenvalue weighted by Gasteiger charge is 2.42. The lowest BCUT2D eigenvalue weighted by molar-refractivity contribution is 0.412. The van der Waals surface area contributed by atoms with Crippen LogP contribution in [-0.2, 0) is 0 Å². The fraction of sp³-hybridized carbons (Fsp3) is 0.120. The predicted octanol–water partition coefficient (Wildman–Crippen LogP) is 5.82. The van der Waals surface area contributed by atoms with Gasteiger partial charge < -0.3 is 19.5 Å². The van der Waals surface area contributed by atoms with Crippen molar-refractivity contribution in [3.8, 4) is 11.4 Å². The predicted molar refractivity (Wildman–Crippen MR) is 134 cm³/mol. The van der Waals surface area contributed by atoms with Crippen LogP contribution < -0.4 is 15.0 Å². The molecule has 2 aromatic carbocycles. The Kier molecular flexibility index (Phi) is 5.68. The third kappa shape index (κ3) is 3.67. The first-order chi connectivity index (χ1) is 15.7. The van der Waals surface area contributed by atoms with E-state index in [1.165, 1.54) is 0 Å². The number of nitrogens with one attached hydrogen (secondary N) is 1. The van der Waals surface area contributed by atoms with E-state index < -0.39 is 0 Å². The largest absolute Gasteiger partial charge is 0.495 e. The normalized spacial score (nSPS) is 17.9. The molecular weight excluding hydrogens is 484 g/mol. The van der Waals surface area contributed by atoms with Crippen LogP contribution in [0.1, 0.15) is 23.5 Å². The lowest BCUT2D eigenvalue weighted by atomic mass is 10.0. The molecule has 1 aliphatic heterocycles. The highest BCUT2D eigenvalue weighted by Crippen LogP contribution is 2.43. The Hall–Kier alpha value is -3.16. The first-order valence-corrected chi connectivity index (χ1v) is 11.4. The van der Waals surface area contributed by atoms with E-state index in [0.717, 1.165) is 33.0 Å². The molecule has 4 aromatic rings. The maximum absolute atomic E-state index is 5.83. The zero-order valence-corrected chi connectivity index (χ0v) is 19.8. The average molecular weight is 505 g/mol. The summed E-state index contributed by atoms with van der Waals surface area (Å²) in [5.41, 5.74) is 4.01. The van der Waals surface area contributed by atoms with Crippen molar-refractivity contribution >= 4 is 38.9 Å². The molecule has 0 unspecified atom stereocenters. The minimum atomic E-state index is -0.115. The van der Waals surface area contributed by atoms with Gasteiger partial charge in [-0.1, -0.05) is 34.1 Å². The number of hydrogen-bond donors (Lipinski definition) is 1. The van der Waals surface area contributed by atoms with Gasteiger partial charge in [0.2, 0.25) is 0 Å². The third-order valence-corrected chi connectivity index (χ3v) is 6.47. The van der Waals surface area contributed by atoms with E-state index in [9.17, 15) is 0 Å². The molecule has 1 saturated heterocycles. The highest BCUT2D eigenvalue weighted by atomic mass is 79.9. The van der Waals surface area contributed by atoms with Gasteiger partial charge in [-0.2, -0.15) is 0 Å². The SMILES string of the molecule is COc1ccccc1-n1cccc1[C@H]1[C@@H](c2ccccn2)NC(=S)N1c1ccc(Br)cc1. The van der Waals surface area contributed by atoms with Gasteiger partial charge in [0.25, 0.3) is 0 Å². The van der Waals surface area contributed by atoms with Crippen LogP contribution >= 0.6 is 28.1 Å². The van der Waals surface area contributed by atoms with E-state index in [0.29, 0.717) is 5.11 Å². The first-order valence-electron chi connectivity index (χ1n) is 10.2. The molecule has 2 aromatic heterocycles. The van der Waals surface area contributed by atoms with Gasteiger partial charge in [-0.3, -0.25) is 4.98 Å². The minimum Gasteiger partial charge on any atom is -0.495 e. The van der Waals surface area contributed by atoms with Crippen molar-refractivity contribution in [3.63, 3.8) is 0 Å². The molecule has 0 radical (unpaired) electrons. The zero-order chi connectivity index (χ0) is 22.1. The summed E-state index contributed by atoms with van der Waals surface area (Å²) in [6, 6.07) is 26.2. The molecule has 7 heteroatoms. The summed E-state index contributed by atoms with van der Waals surface area (Å²) < 4.78 is 8.84. The van der Waals surface area contributed by atoms with E-state index >= 15 is 0 Å². The molecule has 5 nitrogen and oxygen atoms in total. The number of pyridine rings is 1. The second-order valence-electron chi connectivity index (χ2n) is 7.45. The van der Waals surface area contributed by atoms with Crippen LogP contribution in [0, 0.1) is 0 Å². The number of aromatic nitrogens is 2. The van der Waals surface area contributed by atoms with Gasteiger partial charge in [0.15, 0.2) is 5.11 Å². The summed E-state index contributed by atoms with van der Waals surface area (Å²) in [5.74, 6) is 0.808. The number of thiocarbonyl (C=S) groups is 1. The van der Waals surface area contributed by atoms with Gasteiger partial charge in [-0.05, 0) is 72.9 Å². The average Bonchev–Trinajstić information content (AvgIpc) is 3.44. The Labute approximate surface area is 200 Å². The molecule has 1 N–H and O–H groups in total. The maximum Gasteiger partial charge on any atom is 0.174 e. The van der Waals surface area contributed by atoms with E-state index in [-0.39, 0.29) is 12.1 Å². The summed E-state index contributed by atoms with van der Waals surface area (Å²) in [7, 11) is 1.69. The van der Waals surface area contributed by atoms with Crippen molar-refractivity contribution in [2.75, 3.05) is 12.0 Å². The Bertz CT molecular complexity index is 1240. The number of anilines is 1. The molecule has 3 heterocycles. The number of para-hydroxylation sites is 2. The molecule has 160 valence electrons. The third-order valence-electron chi connectivity index (χ3n) is 5.63. The molecule has 32 heavy (non-hydrogen) atoms. The van der Waals surface area contributed by atoms with Crippen molar-refractivity contribution in [3.05, 3.63) is 107 Å². The van der Waals surface area contributed by atoms with Crippen LogP contribution in [0.5, 0.6) is 5.75 Å². The van der Waals surface area contributed by atoms with Gasteiger partial charge in [0.05, 0.1) is 24.5 Å². The minimum absolute atomic E-state index is 0.113. The fourth-order valence-electron chi connectivity index (χ4n) is 4.22. The first kappa shape index (κ1) is 20.7. The topological polar surface area (TPSA) is 42.3 Å². The van der Waals surface area contributed by atoms with Crippen LogP contribution in [0.15, 0.2) is 95.7 Å². The summed E-state index contributed by atoms with van der Waals surface area (Å²) in [6.07, 6.45) is 3.88. The number of halogens is 1. The molecule has 1 aliphatic rings. The molecule has 1 fully saturated rings. The highest BCUT2D eigenvalue weighted by molar-refractivity contribution is 9.10. The maximum atomic E-state index is 5.83. The fourth-order valence-corrected chi connectivity index (χ4v) is 4.83. The Balaban J connectivity index is 1.68. The standard InChI is InChI=1S/C25H21BrN4OS/c1-31-22-10-3-2-8-20(22)29-16-6-9-21(29)24-23(19-7-4-5-15-27-19)28-25(32)30(24)18-13-11-17(26)12-14-18/h2-16,23-24H,1H3,(H,28,32)/t23-,24+/m1/s1. The Morgan fingerprint density at radius 2 is 1.75 bits per heavy atom. The summed E-state index contributed by atoms with van der Waals surface area (Å²) in [6.45, 7) is 0. The number of methoxy groups -OCH3 is 1. The van der Waals surface area contributed by atoms with Gasteiger partial charge in [0.1, 0.15) is 11.8 Å². The van der Waals surface area contributed by atoms with E-state index in [1.54, 1.807) is 7.11 Å². The Morgan fingerprint density at radius 3 is 2.50 bits per heavy atom. The number of benzene rings is 2. The number of ether oxygens (including phenoxy) is 1. The quantitative estimate of drug-likeness (QED) is 0.346. The smallest absolute Gasteiger partial charge is 0.174 e. The molecule has 0 aliphatic carbocycles. The van der Waals surface area contributed by atoms with Crippen LogP contribution in [0.3, 0.4) is 0 Å². The molecule has 0 saturated carbocycles. The van der Waals surface area contributed by atoms with E-state index in [4.69, 9.17) is 17.0 Å². The lowest BCUT2D eigenvalue weighted by Crippen LogP contribution is -2.30. The molecule has 0 bridgehead atoms. The van der Waals surface area contributed by atoms with Gasteiger partial charge >= 0.3 is 0 Å². The molecule has 5 rings (SSSR count). The summed E-state index contributed by atoms with van der Waals surface area (Å²) >= 11 is 9.37. The van der Waals surface area contributed by atoms with E-state index in [2.05, 4.69) is 72.2 Å². The van der Waals surface area contributed by atoms with Crippen molar-refractivity contribution in [1.82, 2.24) is 14.9 Å². The molecule has 0 spiro atoms. The van der Waals surface area contributed by atoms with Crippen LogP contribution in [0.4, 0.5) is 5.69 Å². The van der Waals surface area contributed by atoms with Gasteiger partial charge in [-0.15, -0.1) is 0 Å². The van der Waals surface area contributed by atoms with Crippen molar-refractivity contribution in [1.29, 1.82) is 0 Å². The van der Waals surface area contributed by atoms with Gasteiger partial charge in [0, 0.05) is 28.2 Å². The van der Waals surface area contributed by atoms with Crippen molar-refractivity contribution in [2.24, 2.45) is 0 Å². The number of hydrogen-bond acceptors (Lipinski definition) is 3. The number of rotatable bonds is 5. The second kappa shape index (κ2) is 8.76. The van der Waals surface area contributed by atoms with Crippen LogP contribution in [0.2, 0.25) is 0 Å². The number of nitrogens with zero attached hydrogens (tertiary/aromatic N) is 3. The van der Waals surface area contributed by atoms with Crippen molar-refractivity contribution < 1.29 is 4.74 Å². The molecular formula is C25H21BrN4OS. The zero-order valence-electron chi connectivity index (χ0n) is 17.4. The van der Waals surface area contributed by atoms with Crippen LogP contribution in [0.25, 0.3) is 5.69 Å². The summed E-state index contributed by atoms with van der Waals surface area (Å²) in [4.78, 5) is 6.81.